The van der Waals surface area contributed by atoms with Crippen LogP contribution in [-0.4, -0.2) is 33.4 Å². The third kappa shape index (κ3) is 1.99. The number of ether oxygens (including phenoxy) is 2. The van der Waals surface area contributed by atoms with Crippen molar-refractivity contribution in [3.63, 3.8) is 0 Å². The van der Waals surface area contributed by atoms with E-state index in [-0.39, 0.29) is 6.04 Å². The Bertz CT molecular complexity index is 368. The minimum Gasteiger partial charge on any atom is -0.497 e. The standard InChI is InChI=1S/C12H18N2O2/c1-15-8-3-4-9(12(5-8)16-2)10-6-14-7-11(10)13/h3-5,10-11,14H,6-7,13H2,1-2H3. The van der Waals surface area contributed by atoms with E-state index in [0.29, 0.717) is 5.92 Å². The number of hydrogen-bond donors (Lipinski definition) is 2. The lowest BCUT2D eigenvalue weighted by atomic mass is 9.94. The van der Waals surface area contributed by atoms with Crippen LogP contribution in [0.5, 0.6) is 11.5 Å². The minimum atomic E-state index is 0.155. The lowest BCUT2D eigenvalue weighted by molar-refractivity contribution is 0.388. The molecule has 3 N–H and O–H groups in total. The van der Waals surface area contributed by atoms with Gasteiger partial charge in [-0.3, -0.25) is 0 Å². The maximum Gasteiger partial charge on any atom is 0.126 e. The predicted octanol–water partition coefficient (Wildman–Crippen LogP) is 0.718. The van der Waals surface area contributed by atoms with Gasteiger partial charge in [0.05, 0.1) is 14.2 Å². The first kappa shape index (κ1) is 11.2. The molecule has 1 saturated heterocycles. The Hall–Kier alpha value is -1.26. The van der Waals surface area contributed by atoms with Gasteiger partial charge in [0, 0.05) is 36.7 Å². The highest BCUT2D eigenvalue weighted by atomic mass is 16.5. The maximum atomic E-state index is 6.06. The molecular formula is C12H18N2O2. The highest BCUT2D eigenvalue weighted by Crippen LogP contribution is 2.33. The number of rotatable bonds is 3. The molecule has 1 heterocycles. The summed E-state index contributed by atoms with van der Waals surface area (Å²) in [5, 5.41) is 3.29. The van der Waals surface area contributed by atoms with Crippen molar-refractivity contribution in [1.82, 2.24) is 5.32 Å². The van der Waals surface area contributed by atoms with Crippen LogP contribution in [0.25, 0.3) is 0 Å². The molecule has 0 spiro atoms. The van der Waals surface area contributed by atoms with Crippen molar-refractivity contribution < 1.29 is 9.47 Å². The predicted molar refractivity (Wildman–Crippen MR) is 63.1 cm³/mol. The summed E-state index contributed by atoms with van der Waals surface area (Å²) in [6, 6.07) is 6.04. The normalized spacial score (nSPS) is 24.4. The fourth-order valence-corrected chi connectivity index (χ4v) is 2.16. The van der Waals surface area contributed by atoms with Crippen molar-refractivity contribution in [2.24, 2.45) is 5.73 Å². The molecule has 0 saturated carbocycles. The second-order valence-corrected chi connectivity index (χ2v) is 4.04. The molecule has 2 rings (SSSR count). The van der Waals surface area contributed by atoms with Gasteiger partial charge in [-0.05, 0) is 6.07 Å². The number of nitrogens with two attached hydrogens (primary N) is 1. The zero-order valence-corrected chi connectivity index (χ0v) is 9.69. The van der Waals surface area contributed by atoms with Gasteiger partial charge >= 0.3 is 0 Å². The summed E-state index contributed by atoms with van der Waals surface area (Å²) in [5.74, 6) is 1.98. The number of benzene rings is 1. The lowest BCUT2D eigenvalue weighted by Crippen LogP contribution is -2.27. The van der Waals surface area contributed by atoms with Crippen molar-refractivity contribution >= 4 is 0 Å². The highest BCUT2D eigenvalue weighted by molar-refractivity contribution is 5.44. The summed E-state index contributed by atoms with van der Waals surface area (Å²) in [5.41, 5.74) is 7.21. The average Bonchev–Trinajstić information content (AvgIpc) is 2.74. The van der Waals surface area contributed by atoms with E-state index in [1.165, 1.54) is 0 Å². The van der Waals surface area contributed by atoms with Gasteiger partial charge in [0.1, 0.15) is 11.5 Å². The molecule has 16 heavy (non-hydrogen) atoms. The molecule has 1 aliphatic rings. The molecule has 0 aromatic heterocycles. The van der Waals surface area contributed by atoms with Gasteiger partial charge in [-0.15, -0.1) is 0 Å². The topological polar surface area (TPSA) is 56.5 Å². The second-order valence-electron chi connectivity index (χ2n) is 4.04. The molecule has 1 aliphatic heterocycles. The third-order valence-corrected chi connectivity index (χ3v) is 3.10. The van der Waals surface area contributed by atoms with E-state index < -0.39 is 0 Å². The van der Waals surface area contributed by atoms with E-state index in [2.05, 4.69) is 5.32 Å². The molecule has 88 valence electrons. The van der Waals surface area contributed by atoms with Gasteiger partial charge in [-0.2, -0.15) is 0 Å². The highest BCUT2D eigenvalue weighted by Gasteiger charge is 2.27. The van der Waals surface area contributed by atoms with Crippen LogP contribution in [0, 0.1) is 0 Å². The van der Waals surface area contributed by atoms with Crippen molar-refractivity contribution in [2.45, 2.75) is 12.0 Å². The zero-order valence-electron chi connectivity index (χ0n) is 9.69. The van der Waals surface area contributed by atoms with Crippen LogP contribution in [0.3, 0.4) is 0 Å². The molecular weight excluding hydrogens is 204 g/mol. The molecule has 1 fully saturated rings. The Morgan fingerprint density at radius 2 is 2.06 bits per heavy atom. The van der Waals surface area contributed by atoms with E-state index in [1.54, 1.807) is 14.2 Å². The minimum absolute atomic E-state index is 0.155. The van der Waals surface area contributed by atoms with Gasteiger partial charge in [-0.1, -0.05) is 6.07 Å². The molecule has 0 bridgehead atoms. The molecule has 0 aliphatic carbocycles. The third-order valence-electron chi connectivity index (χ3n) is 3.10. The quantitative estimate of drug-likeness (QED) is 0.791. The summed E-state index contributed by atoms with van der Waals surface area (Å²) >= 11 is 0. The maximum absolute atomic E-state index is 6.06. The van der Waals surface area contributed by atoms with Crippen LogP contribution < -0.4 is 20.5 Å². The van der Waals surface area contributed by atoms with Gasteiger partial charge in [0.2, 0.25) is 0 Å². The number of hydrogen-bond acceptors (Lipinski definition) is 4. The molecule has 2 unspecified atom stereocenters. The monoisotopic (exact) mass is 222 g/mol. The fraction of sp³-hybridized carbons (Fsp3) is 0.500. The molecule has 1 aromatic carbocycles. The average molecular weight is 222 g/mol. The summed E-state index contributed by atoms with van der Waals surface area (Å²) in [7, 11) is 3.32. The van der Waals surface area contributed by atoms with E-state index in [4.69, 9.17) is 15.2 Å². The van der Waals surface area contributed by atoms with Crippen molar-refractivity contribution in [3.8, 4) is 11.5 Å². The van der Waals surface area contributed by atoms with Crippen LogP contribution in [0.4, 0.5) is 0 Å². The van der Waals surface area contributed by atoms with Crippen molar-refractivity contribution in [2.75, 3.05) is 27.3 Å². The van der Waals surface area contributed by atoms with Crippen molar-refractivity contribution in [1.29, 1.82) is 0 Å². The molecule has 4 nitrogen and oxygen atoms in total. The SMILES string of the molecule is COc1ccc(C2CNCC2N)c(OC)c1. The van der Waals surface area contributed by atoms with Crippen molar-refractivity contribution in [3.05, 3.63) is 23.8 Å². The summed E-state index contributed by atoms with van der Waals surface area (Å²) in [6.07, 6.45) is 0. The van der Waals surface area contributed by atoms with E-state index >= 15 is 0 Å². The van der Waals surface area contributed by atoms with E-state index in [1.807, 2.05) is 18.2 Å². The summed E-state index contributed by atoms with van der Waals surface area (Å²) in [6.45, 7) is 1.77. The first-order chi connectivity index (χ1) is 7.76. The largest absolute Gasteiger partial charge is 0.497 e. The van der Waals surface area contributed by atoms with Crippen LogP contribution >= 0.6 is 0 Å². The van der Waals surface area contributed by atoms with Gasteiger partial charge in [0.15, 0.2) is 0 Å². The Morgan fingerprint density at radius 3 is 2.62 bits per heavy atom. The Balaban J connectivity index is 2.32. The summed E-state index contributed by atoms with van der Waals surface area (Å²) < 4.78 is 10.6. The molecule has 1 aromatic rings. The van der Waals surface area contributed by atoms with E-state index in [0.717, 1.165) is 30.2 Å². The smallest absolute Gasteiger partial charge is 0.126 e. The number of methoxy groups -OCH3 is 2. The van der Waals surface area contributed by atoms with Crippen LogP contribution in [0.15, 0.2) is 18.2 Å². The Kier molecular flexibility index (Phi) is 3.31. The van der Waals surface area contributed by atoms with Gasteiger partial charge < -0.3 is 20.5 Å². The van der Waals surface area contributed by atoms with Crippen LogP contribution in [0.1, 0.15) is 11.5 Å². The Morgan fingerprint density at radius 1 is 1.25 bits per heavy atom. The Labute approximate surface area is 95.7 Å². The lowest BCUT2D eigenvalue weighted by Gasteiger charge is -2.18. The summed E-state index contributed by atoms with van der Waals surface area (Å²) in [4.78, 5) is 0. The fourth-order valence-electron chi connectivity index (χ4n) is 2.16. The zero-order chi connectivity index (χ0) is 11.5. The molecule has 0 radical (unpaired) electrons. The molecule has 2 atom stereocenters. The first-order valence-electron chi connectivity index (χ1n) is 5.44. The molecule has 4 heteroatoms. The van der Waals surface area contributed by atoms with Gasteiger partial charge in [-0.25, -0.2) is 0 Å². The van der Waals surface area contributed by atoms with Gasteiger partial charge in [0.25, 0.3) is 0 Å². The number of nitrogens with one attached hydrogen (secondary N) is 1. The molecule has 0 amide bonds. The van der Waals surface area contributed by atoms with E-state index in [9.17, 15) is 0 Å². The second kappa shape index (κ2) is 4.72. The first-order valence-corrected chi connectivity index (χ1v) is 5.44. The van der Waals surface area contributed by atoms with Crippen LogP contribution in [0.2, 0.25) is 0 Å². The van der Waals surface area contributed by atoms with Crippen LogP contribution in [-0.2, 0) is 0 Å².